The Morgan fingerprint density at radius 1 is 0.900 bits per heavy atom. The molecule has 0 aromatic rings. The van der Waals surface area contributed by atoms with Gasteiger partial charge in [-0.2, -0.15) is 0 Å². The Morgan fingerprint density at radius 2 is 1.45 bits per heavy atom. The van der Waals surface area contributed by atoms with E-state index in [0.29, 0.717) is 0 Å². The van der Waals surface area contributed by atoms with E-state index in [1.807, 2.05) is 0 Å². The first-order valence-electron chi connectivity index (χ1n) is 9.16. The van der Waals surface area contributed by atoms with Gasteiger partial charge in [0.2, 0.25) is 0 Å². The van der Waals surface area contributed by atoms with Crippen LogP contribution in [0.1, 0.15) is 65.7 Å². The Bertz CT molecular complexity index is 331. The van der Waals surface area contributed by atoms with Gasteiger partial charge in [-0.15, -0.1) is 0 Å². The number of hydrogen-bond acceptors (Lipinski definition) is 0. The van der Waals surface area contributed by atoms with E-state index in [9.17, 15) is 0 Å². The molecule has 2 rings (SSSR count). The van der Waals surface area contributed by atoms with Crippen molar-refractivity contribution in [1.82, 2.24) is 0 Å². The molecule has 0 saturated heterocycles. The van der Waals surface area contributed by atoms with Gasteiger partial charge in [0.25, 0.3) is 0 Å². The number of rotatable bonds is 10. The molecule has 0 aliphatic heterocycles. The van der Waals surface area contributed by atoms with Crippen molar-refractivity contribution in [1.29, 1.82) is 0 Å². The van der Waals surface area contributed by atoms with Crippen LogP contribution in [0.2, 0.25) is 13.3 Å². The van der Waals surface area contributed by atoms with Crippen molar-refractivity contribution in [3.8, 4) is 0 Å². The van der Waals surface area contributed by atoms with Crippen LogP contribution in [0, 0.1) is 11.8 Å². The second-order valence-electron chi connectivity index (χ2n) is 7.10. The molecule has 20 heavy (non-hydrogen) atoms. The predicted molar refractivity (Wildman–Crippen MR) is 93.7 cm³/mol. The van der Waals surface area contributed by atoms with Gasteiger partial charge in [-0.1, -0.05) is 0 Å². The third-order valence-electron chi connectivity index (χ3n) is 5.55. The van der Waals surface area contributed by atoms with Crippen LogP contribution >= 0.6 is 0 Å². The van der Waals surface area contributed by atoms with E-state index in [1.54, 1.807) is 13.3 Å². The molecule has 0 aromatic carbocycles. The van der Waals surface area contributed by atoms with Gasteiger partial charge in [-0.05, 0) is 0 Å². The second-order valence-corrected chi connectivity index (χ2v) is 20.3. The predicted octanol–water partition coefficient (Wildman–Crippen LogP) is 6.51. The summed E-state index contributed by atoms with van der Waals surface area (Å²) < 4.78 is 7.00. The molecule has 0 unspecified atom stereocenters. The summed E-state index contributed by atoms with van der Waals surface area (Å²) >= 11 is -2.05. The molecule has 0 N–H and O–H groups in total. The van der Waals surface area contributed by atoms with Crippen LogP contribution in [0.5, 0.6) is 0 Å². The number of unbranched alkanes of at least 4 members (excludes halogenated alkanes) is 3. The fraction of sp³-hybridized carbons (Fsp3) is 0.789. The summed E-state index contributed by atoms with van der Waals surface area (Å²) in [6, 6.07) is 0. The quantitative estimate of drug-likeness (QED) is 0.299. The maximum absolute atomic E-state index is 2.75. The summed E-state index contributed by atoms with van der Waals surface area (Å²) in [7, 11) is 0. The fourth-order valence-electron chi connectivity index (χ4n) is 4.36. The normalized spacial score (nSPS) is 24.4. The Balaban J connectivity index is 2.17. The summed E-state index contributed by atoms with van der Waals surface area (Å²) in [4.78, 5) is 0. The fourth-order valence-corrected chi connectivity index (χ4v) is 22.3. The van der Waals surface area contributed by atoms with Gasteiger partial charge in [-0.3, -0.25) is 0 Å². The average Bonchev–Trinajstić information content (AvgIpc) is 3.10. The molecule has 0 fully saturated rings. The van der Waals surface area contributed by atoms with Crippen LogP contribution in [-0.2, 0) is 0 Å². The number of hydrogen-bond donors (Lipinski definition) is 0. The molecule has 0 aromatic heterocycles. The molecule has 2 atom stereocenters. The minimum absolute atomic E-state index is 0.830. The van der Waals surface area contributed by atoms with Crippen molar-refractivity contribution in [2.75, 3.05) is 0 Å². The molecule has 1 heteroatoms. The van der Waals surface area contributed by atoms with Crippen LogP contribution in [0.3, 0.4) is 0 Å². The van der Waals surface area contributed by atoms with Crippen molar-refractivity contribution in [2.45, 2.75) is 79.0 Å². The number of allylic oxidation sites excluding steroid dienone is 4. The molecule has 0 spiro atoms. The first-order valence-corrected chi connectivity index (χ1v) is 16.6. The third kappa shape index (κ3) is 3.72. The molecule has 0 nitrogen and oxygen atoms in total. The Kier molecular flexibility index (Phi) is 6.70. The zero-order valence-corrected chi connectivity index (χ0v) is 16.8. The second kappa shape index (κ2) is 8.05. The van der Waals surface area contributed by atoms with Crippen molar-refractivity contribution in [3.05, 3.63) is 21.8 Å². The van der Waals surface area contributed by atoms with E-state index in [0.717, 1.165) is 11.8 Å². The van der Waals surface area contributed by atoms with Crippen LogP contribution in [0.15, 0.2) is 21.8 Å². The zero-order chi connectivity index (χ0) is 14.4. The number of fused-ring (bicyclic) bond motifs is 2. The first-order chi connectivity index (χ1) is 9.75. The van der Waals surface area contributed by atoms with Crippen LogP contribution in [-0.4, -0.2) is 18.4 Å². The van der Waals surface area contributed by atoms with Gasteiger partial charge < -0.3 is 0 Å². The topological polar surface area (TPSA) is 0 Å². The van der Waals surface area contributed by atoms with Crippen LogP contribution in [0.4, 0.5) is 0 Å². The van der Waals surface area contributed by atoms with Crippen molar-refractivity contribution in [3.63, 3.8) is 0 Å². The molecule has 2 aliphatic rings. The molecule has 2 bridgehead atoms. The minimum atomic E-state index is -2.05. The summed E-state index contributed by atoms with van der Waals surface area (Å²) in [6.45, 7) is 7.14. The first kappa shape index (κ1) is 16.6. The maximum atomic E-state index is 2.75. The van der Waals surface area contributed by atoms with Gasteiger partial charge in [0.1, 0.15) is 0 Å². The van der Waals surface area contributed by atoms with Crippen LogP contribution < -0.4 is 0 Å². The monoisotopic (exact) mass is 382 g/mol. The van der Waals surface area contributed by atoms with E-state index >= 15 is 0 Å². The molecule has 0 amide bonds. The zero-order valence-electron chi connectivity index (χ0n) is 14.0. The molecule has 114 valence electrons. The van der Waals surface area contributed by atoms with E-state index in [2.05, 4.69) is 42.6 Å². The van der Waals surface area contributed by atoms with E-state index in [4.69, 9.17) is 0 Å². The summed E-state index contributed by atoms with van der Waals surface area (Å²) in [5.74, 6) is 1.72. The van der Waals surface area contributed by atoms with Crippen molar-refractivity contribution in [2.24, 2.45) is 11.8 Å². The van der Waals surface area contributed by atoms with Gasteiger partial charge in [0, 0.05) is 0 Å². The van der Waals surface area contributed by atoms with Crippen molar-refractivity contribution >= 4 is 18.4 Å². The SMILES string of the molecule is CCC[CH2][Sn]([CH2]CCC)([CH2]CCC)[C]1=C[C@@H]2C=C[C@H]1C2. The molecule has 0 radical (unpaired) electrons. The third-order valence-corrected chi connectivity index (χ3v) is 21.8. The molecule has 0 saturated carbocycles. The van der Waals surface area contributed by atoms with Gasteiger partial charge >= 0.3 is 131 Å². The van der Waals surface area contributed by atoms with Gasteiger partial charge in [0.05, 0.1) is 0 Å². The van der Waals surface area contributed by atoms with E-state index < -0.39 is 18.4 Å². The summed E-state index contributed by atoms with van der Waals surface area (Å²) in [5, 5.41) is 0. The summed E-state index contributed by atoms with van der Waals surface area (Å²) in [6.07, 6.45) is 17.9. The molecular formula is C19H34Sn. The van der Waals surface area contributed by atoms with Crippen LogP contribution in [0.25, 0.3) is 0 Å². The molecule has 0 heterocycles. The molecule has 2 aliphatic carbocycles. The Morgan fingerprint density at radius 3 is 1.80 bits per heavy atom. The molecular weight excluding hydrogens is 347 g/mol. The average molecular weight is 381 g/mol. The Labute approximate surface area is 131 Å². The summed E-state index contributed by atoms with van der Waals surface area (Å²) in [5.41, 5.74) is 0. The van der Waals surface area contributed by atoms with Gasteiger partial charge in [0.15, 0.2) is 0 Å². The van der Waals surface area contributed by atoms with Gasteiger partial charge in [-0.25, -0.2) is 0 Å². The van der Waals surface area contributed by atoms with E-state index in [-0.39, 0.29) is 0 Å². The van der Waals surface area contributed by atoms with Crippen molar-refractivity contribution < 1.29 is 0 Å². The Hall–Kier alpha value is 0.279. The standard InChI is InChI=1S/C7H7.3C4H9.Sn/c1-2-7-4-3-6(1)5-7;3*1-3-4-2;/h1-3,6-7H,5H2;3*1,3-4H2,2H3;/t6-,7+;;;;/m0..../s1. The van der Waals surface area contributed by atoms with E-state index in [1.165, 1.54) is 44.9 Å².